The highest BCUT2D eigenvalue weighted by molar-refractivity contribution is 7.92. The van der Waals surface area contributed by atoms with Gasteiger partial charge in [-0.25, -0.2) is 13.2 Å². The van der Waals surface area contributed by atoms with E-state index >= 15 is 0 Å². The second-order valence-corrected chi connectivity index (χ2v) is 9.93. The van der Waals surface area contributed by atoms with Crippen LogP contribution in [0.2, 0.25) is 5.02 Å². The van der Waals surface area contributed by atoms with Crippen LogP contribution in [0.5, 0.6) is 0 Å². The Bertz CT molecular complexity index is 769. The van der Waals surface area contributed by atoms with Gasteiger partial charge < -0.3 is 14.8 Å². The molecule has 1 aromatic rings. The molecule has 1 aliphatic rings. The molecular formula is C17H22ClNO5S. The number of ether oxygens (including phenoxy) is 1. The monoisotopic (exact) mass is 387 g/mol. The molecule has 2 rings (SSSR count). The van der Waals surface area contributed by atoms with Crippen molar-refractivity contribution in [3.63, 3.8) is 0 Å². The van der Waals surface area contributed by atoms with Crippen LogP contribution in [-0.2, 0) is 19.4 Å². The van der Waals surface area contributed by atoms with E-state index in [9.17, 15) is 18.0 Å². The van der Waals surface area contributed by atoms with Gasteiger partial charge in [0.05, 0.1) is 0 Å². The summed E-state index contributed by atoms with van der Waals surface area (Å²) in [5.41, 5.74) is -1.68. The maximum atomic E-state index is 12.5. The first-order valence-electron chi connectivity index (χ1n) is 7.91. The molecule has 0 aliphatic heterocycles. The highest BCUT2D eigenvalue weighted by Gasteiger charge is 2.72. The molecule has 1 amide bonds. The van der Waals surface area contributed by atoms with Crippen molar-refractivity contribution in [1.29, 1.82) is 0 Å². The van der Waals surface area contributed by atoms with Gasteiger partial charge in [-0.1, -0.05) is 30.7 Å². The van der Waals surface area contributed by atoms with Gasteiger partial charge in [0.25, 0.3) is 0 Å². The van der Waals surface area contributed by atoms with Crippen LogP contribution in [0.1, 0.15) is 39.2 Å². The van der Waals surface area contributed by atoms with E-state index in [2.05, 4.69) is 5.32 Å². The molecule has 3 atom stereocenters. The fraction of sp³-hybridized carbons (Fsp3) is 0.529. The van der Waals surface area contributed by atoms with Crippen molar-refractivity contribution >= 4 is 33.8 Å². The minimum atomic E-state index is -3.58. The Hall–Kier alpha value is -1.60. The van der Waals surface area contributed by atoms with Crippen LogP contribution in [0.15, 0.2) is 24.3 Å². The number of nitrogens with one attached hydrogen (secondary N) is 1. The molecule has 0 saturated heterocycles. The third-order valence-corrected chi connectivity index (χ3v) is 6.60. The van der Waals surface area contributed by atoms with Crippen LogP contribution in [0.3, 0.4) is 0 Å². The number of alkyl carbamates (subject to hydrolysis) is 1. The molecule has 0 unspecified atom stereocenters. The predicted octanol–water partition coefficient (Wildman–Crippen LogP) is 2.70. The summed E-state index contributed by atoms with van der Waals surface area (Å²) in [6, 6.07) is 6.56. The quantitative estimate of drug-likeness (QED) is 0.784. The first-order chi connectivity index (χ1) is 11.5. The number of sulfone groups is 1. The smallest absolute Gasteiger partial charge is 0.408 e. The second-order valence-electron chi connectivity index (χ2n) is 7.08. The zero-order valence-electron chi connectivity index (χ0n) is 14.6. The van der Waals surface area contributed by atoms with Gasteiger partial charge in [-0.15, -0.1) is 0 Å². The van der Waals surface area contributed by atoms with Crippen LogP contribution in [-0.4, -0.2) is 42.9 Å². The van der Waals surface area contributed by atoms with E-state index in [-0.39, 0.29) is 5.75 Å². The van der Waals surface area contributed by atoms with Crippen molar-refractivity contribution in [3.05, 3.63) is 34.9 Å². The lowest BCUT2D eigenvalue weighted by molar-refractivity contribution is -0.110. The summed E-state index contributed by atoms with van der Waals surface area (Å²) in [6.07, 6.45) is -0.332. The van der Waals surface area contributed by atoms with Gasteiger partial charge in [0.15, 0.2) is 9.84 Å². The zero-order chi connectivity index (χ0) is 19.0. The first-order valence-corrected chi connectivity index (χ1v) is 10.0. The number of rotatable bonds is 5. The highest BCUT2D eigenvalue weighted by atomic mass is 35.5. The van der Waals surface area contributed by atoms with E-state index in [1.54, 1.807) is 45.0 Å². The normalized spacial score (nSPS) is 26.0. The molecule has 1 aliphatic carbocycles. The standard InChI is InChI=1S/C17H22ClNO5S/c1-5-25(22,23)14-13(11-6-8-12(18)9-7-11)17(14,10-20)19-15(21)24-16(2,3)4/h6-10,13-14H,5H2,1-4H3,(H,19,21)/t13-,14-,17-/m1/s1. The predicted molar refractivity (Wildman–Crippen MR) is 95.6 cm³/mol. The van der Waals surface area contributed by atoms with Gasteiger partial charge in [-0.05, 0) is 38.5 Å². The van der Waals surface area contributed by atoms with Gasteiger partial charge in [0.2, 0.25) is 0 Å². The molecule has 1 saturated carbocycles. The number of aldehydes is 1. The van der Waals surface area contributed by atoms with Crippen molar-refractivity contribution in [2.75, 3.05) is 5.75 Å². The van der Waals surface area contributed by atoms with Gasteiger partial charge in [0.1, 0.15) is 22.7 Å². The third kappa shape index (κ3) is 3.98. The summed E-state index contributed by atoms with van der Waals surface area (Å²) < 4.78 is 30.1. The van der Waals surface area contributed by atoms with Crippen LogP contribution < -0.4 is 5.32 Å². The molecule has 0 heterocycles. The van der Waals surface area contributed by atoms with Gasteiger partial charge >= 0.3 is 6.09 Å². The summed E-state index contributed by atoms with van der Waals surface area (Å²) in [6.45, 7) is 6.56. The Morgan fingerprint density at radius 2 is 1.88 bits per heavy atom. The summed E-state index contributed by atoms with van der Waals surface area (Å²) in [5.74, 6) is -0.812. The molecule has 138 valence electrons. The van der Waals surface area contributed by atoms with Crippen molar-refractivity contribution < 1.29 is 22.7 Å². The SMILES string of the molecule is CCS(=O)(=O)[C@@H]1[C@@H](c2ccc(Cl)cc2)[C@@]1(C=O)NC(=O)OC(C)(C)C. The van der Waals surface area contributed by atoms with Crippen molar-refractivity contribution in [3.8, 4) is 0 Å². The Morgan fingerprint density at radius 1 is 1.32 bits per heavy atom. The fourth-order valence-electron chi connectivity index (χ4n) is 2.98. The summed E-state index contributed by atoms with van der Waals surface area (Å²) >= 11 is 5.87. The Morgan fingerprint density at radius 3 is 2.32 bits per heavy atom. The molecule has 25 heavy (non-hydrogen) atoms. The Balaban J connectivity index is 2.40. The summed E-state index contributed by atoms with van der Waals surface area (Å²) in [4.78, 5) is 24.0. The fourth-order valence-corrected chi connectivity index (χ4v) is 5.04. The van der Waals surface area contributed by atoms with Crippen LogP contribution in [0.4, 0.5) is 4.79 Å². The number of amides is 1. The van der Waals surface area contributed by atoms with Crippen LogP contribution >= 0.6 is 11.6 Å². The molecule has 0 spiro atoms. The van der Waals surface area contributed by atoms with Gasteiger partial charge in [-0.2, -0.15) is 0 Å². The van der Waals surface area contributed by atoms with Gasteiger partial charge in [0, 0.05) is 16.7 Å². The molecule has 1 aromatic carbocycles. The minimum Gasteiger partial charge on any atom is -0.444 e. The first kappa shape index (κ1) is 19.7. The number of benzene rings is 1. The molecule has 1 N–H and O–H groups in total. The van der Waals surface area contributed by atoms with E-state index in [0.29, 0.717) is 16.9 Å². The number of halogens is 1. The molecule has 0 radical (unpaired) electrons. The van der Waals surface area contributed by atoms with Crippen molar-refractivity contribution in [2.45, 2.75) is 50.0 Å². The largest absolute Gasteiger partial charge is 0.444 e. The molecule has 6 nitrogen and oxygen atoms in total. The Labute approximate surface area is 152 Å². The van der Waals surface area contributed by atoms with E-state index < -0.39 is 38.2 Å². The van der Waals surface area contributed by atoms with Crippen molar-refractivity contribution in [2.24, 2.45) is 0 Å². The van der Waals surface area contributed by atoms with Gasteiger partial charge in [-0.3, -0.25) is 0 Å². The second kappa shape index (κ2) is 6.61. The van der Waals surface area contributed by atoms with E-state index in [0.717, 1.165) is 0 Å². The lowest BCUT2D eigenvalue weighted by Crippen LogP contribution is -2.45. The number of carbonyl (C=O) groups is 2. The maximum absolute atomic E-state index is 12.5. The molecule has 0 aromatic heterocycles. The molecule has 1 fully saturated rings. The average Bonchev–Trinajstić information content (AvgIpc) is 3.15. The van der Waals surface area contributed by atoms with E-state index in [1.807, 2.05) is 0 Å². The Kier molecular flexibility index (Phi) is 5.21. The summed E-state index contributed by atoms with van der Waals surface area (Å²) in [7, 11) is -3.58. The number of hydrogen-bond acceptors (Lipinski definition) is 5. The third-order valence-electron chi connectivity index (χ3n) is 4.11. The maximum Gasteiger partial charge on any atom is 0.408 e. The number of carbonyl (C=O) groups excluding carboxylic acids is 2. The van der Waals surface area contributed by atoms with Crippen LogP contribution in [0.25, 0.3) is 0 Å². The lowest BCUT2D eigenvalue weighted by Gasteiger charge is -2.22. The lowest BCUT2D eigenvalue weighted by atomic mass is 10.1. The molecule has 0 bridgehead atoms. The average molecular weight is 388 g/mol. The molecular weight excluding hydrogens is 366 g/mol. The van der Waals surface area contributed by atoms with Crippen LogP contribution in [0, 0.1) is 0 Å². The number of hydrogen-bond donors (Lipinski definition) is 1. The van der Waals surface area contributed by atoms with E-state index in [4.69, 9.17) is 16.3 Å². The topological polar surface area (TPSA) is 89.5 Å². The highest BCUT2D eigenvalue weighted by Crippen LogP contribution is 2.55. The van der Waals surface area contributed by atoms with E-state index in [1.165, 1.54) is 6.92 Å². The van der Waals surface area contributed by atoms with Crippen molar-refractivity contribution in [1.82, 2.24) is 5.32 Å². The summed E-state index contributed by atoms with van der Waals surface area (Å²) in [5, 5.41) is 1.95. The zero-order valence-corrected chi connectivity index (χ0v) is 16.1. The minimum absolute atomic E-state index is 0.132. The molecule has 8 heteroatoms.